The molecule has 2 rings (SSSR count). The summed E-state index contributed by atoms with van der Waals surface area (Å²) in [7, 11) is 0. The highest BCUT2D eigenvalue weighted by Crippen LogP contribution is 2.25. The number of nitrogens with two attached hydrogens (primary N) is 1. The highest BCUT2D eigenvalue weighted by Gasteiger charge is 2.21. The molecule has 3 nitrogen and oxygen atoms in total. The number of carbonyl (C=O) groups excluding carboxylic acids is 1. The van der Waals surface area contributed by atoms with Crippen molar-refractivity contribution in [2.45, 2.75) is 25.8 Å². The van der Waals surface area contributed by atoms with E-state index in [1.807, 2.05) is 6.92 Å². The Bertz CT molecular complexity index is 374. The highest BCUT2D eigenvalue weighted by atomic mass is 16.1. The Morgan fingerprint density at radius 2 is 2.36 bits per heavy atom. The van der Waals surface area contributed by atoms with Crippen LogP contribution < -0.4 is 11.1 Å². The minimum atomic E-state index is -0.267. The van der Waals surface area contributed by atoms with Crippen LogP contribution in [-0.4, -0.2) is 11.9 Å². The standard InChI is InChI=1S/C11H14N2O/c1-7-2-3-8-4-5-9(11(12)14)13-10(8)6-7/h2-3,6,9,13H,4-5H2,1H3,(H2,12,14). The van der Waals surface area contributed by atoms with E-state index in [0.717, 1.165) is 18.5 Å². The van der Waals surface area contributed by atoms with Crippen molar-refractivity contribution in [3.63, 3.8) is 0 Å². The van der Waals surface area contributed by atoms with Gasteiger partial charge in [0.1, 0.15) is 6.04 Å². The summed E-state index contributed by atoms with van der Waals surface area (Å²) < 4.78 is 0. The monoisotopic (exact) mass is 190 g/mol. The summed E-state index contributed by atoms with van der Waals surface area (Å²) >= 11 is 0. The zero-order valence-corrected chi connectivity index (χ0v) is 8.21. The van der Waals surface area contributed by atoms with E-state index in [1.54, 1.807) is 0 Å². The van der Waals surface area contributed by atoms with Gasteiger partial charge in [-0.25, -0.2) is 0 Å². The molecule has 14 heavy (non-hydrogen) atoms. The maximum absolute atomic E-state index is 11.0. The zero-order valence-electron chi connectivity index (χ0n) is 8.21. The lowest BCUT2D eigenvalue weighted by atomic mass is 9.96. The average Bonchev–Trinajstić information content (AvgIpc) is 2.16. The number of hydrogen-bond donors (Lipinski definition) is 2. The molecule has 0 aliphatic carbocycles. The highest BCUT2D eigenvalue weighted by molar-refractivity contribution is 5.84. The maximum Gasteiger partial charge on any atom is 0.239 e. The quantitative estimate of drug-likeness (QED) is 0.699. The molecule has 0 fully saturated rings. The topological polar surface area (TPSA) is 55.1 Å². The van der Waals surface area contributed by atoms with E-state index >= 15 is 0 Å². The lowest BCUT2D eigenvalue weighted by molar-refractivity contribution is -0.118. The molecular formula is C11H14N2O. The summed E-state index contributed by atoms with van der Waals surface area (Å²) in [6.07, 6.45) is 1.72. The Labute approximate surface area is 83.3 Å². The van der Waals surface area contributed by atoms with E-state index in [0.29, 0.717) is 0 Å². The summed E-state index contributed by atoms with van der Waals surface area (Å²) in [6, 6.07) is 6.05. The molecule has 1 amide bonds. The predicted molar refractivity (Wildman–Crippen MR) is 56.1 cm³/mol. The van der Waals surface area contributed by atoms with Crippen LogP contribution in [0.1, 0.15) is 17.5 Å². The predicted octanol–water partition coefficient (Wildman–Crippen LogP) is 1.21. The lowest BCUT2D eigenvalue weighted by Gasteiger charge is -2.24. The van der Waals surface area contributed by atoms with E-state index < -0.39 is 0 Å². The lowest BCUT2D eigenvalue weighted by Crippen LogP contribution is -2.38. The molecule has 1 atom stereocenters. The van der Waals surface area contributed by atoms with Crippen molar-refractivity contribution in [2.24, 2.45) is 5.73 Å². The Balaban J connectivity index is 2.29. The Hall–Kier alpha value is -1.51. The third-order valence-electron chi connectivity index (χ3n) is 2.64. The van der Waals surface area contributed by atoms with E-state index in [1.165, 1.54) is 11.1 Å². The zero-order chi connectivity index (χ0) is 10.1. The normalized spacial score (nSPS) is 19.6. The molecule has 1 heterocycles. The fourth-order valence-corrected chi connectivity index (χ4v) is 1.82. The van der Waals surface area contributed by atoms with Crippen molar-refractivity contribution in [2.75, 3.05) is 5.32 Å². The largest absolute Gasteiger partial charge is 0.373 e. The average molecular weight is 190 g/mol. The van der Waals surface area contributed by atoms with Crippen LogP contribution >= 0.6 is 0 Å². The molecule has 1 aromatic carbocycles. The van der Waals surface area contributed by atoms with Crippen LogP contribution in [0.3, 0.4) is 0 Å². The minimum Gasteiger partial charge on any atom is -0.373 e. The van der Waals surface area contributed by atoms with Crippen molar-refractivity contribution < 1.29 is 4.79 Å². The van der Waals surface area contributed by atoms with Gasteiger partial charge in [0.25, 0.3) is 0 Å². The van der Waals surface area contributed by atoms with Crippen LogP contribution in [0.5, 0.6) is 0 Å². The van der Waals surface area contributed by atoms with Gasteiger partial charge in [-0.3, -0.25) is 4.79 Å². The van der Waals surface area contributed by atoms with Gasteiger partial charge < -0.3 is 11.1 Å². The minimum absolute atomic E-state index is 0.204. The molecule has 0 radical (unpaired) electrons. The van der Waals surface area contributed by atoms with Crippen LogP contribution in [0.2, 0.25) is 0 Å². The molecular weight excluding hydrogens is 176 g/mol. The Morgan fingerprint density at radius 1 is 1.57 bits per heavy atom. The molecule has 74 valence electrons. The first kappa shape index (κ1) is 9.06. The second-order valence-electron chi connectivity index (χ2n) is 3.80. The Kier molecular flexibility index (Phi) is 2.15. The second-order valence-corrected chi connectivity index (χ2v) is 3.80. The van der Waals surface area contributed by atoms with Crippen LogP contribution in [0, 0.1) is 6.92 Å². The fraction of sp³-hybridized carbons (Fsp3) is 0.364. The summed E-state index contributed by atoms with van der Waals surface area (Å²) in [4.78, 5) is 11.0. The first-order valence-corrected chi connectivity index (χ1v) is 4.82. The van der Waals surface area contributed by atoms with E-state index in [9.17, 15) is 4.79 Å². The number of primary amides is 1. The summed E-state index contributed by atoms with van der Waals surface area (Å²) in [5.41, 5.74) is 8.78. The van der Waals surface area contributed by atoms with Crippen molar-refractivity contribution in [3.05, 3.63) is 29.3 Å². The molecule has 1 unspecified atom stereocenters. The number of nitrogens with one attached hydrogen (secondary N) is 1. The van der Waals surface area contributed by atoms with Crippen LogP contribution in [0.25, 0.3) is 0 Å². The number of amides is 1. The van der Waals surface area contributed by atoms with Gasteiger partial charge in [-0.2, -0.15) is 0 Å². The van der Waals surface area contributed by atoms with Gasteiger partial charge in [-0.1, -0.05) is 12.1 Å². The van der Waals surface area contributed by atoms with Gasteiger partial charge >= 0.3 is 0 Å². The maximum atomic E-state index is 11.0. The van der Waals surface area contributed by atoms with Crippen molar-refractivity contribution in [1.82, 2.24) is 0 Å². The molecule has 0 bridgehead atoms. The number of anilines is 1. The SMILES string of the molecule is Cc1ccc2c(c1)NC(C(N)=O)CC2. The first-order valence-electron chi connectivity index (χ1n) is 4.82. The van der Waals surface area contributed by atoms with Gasteiger partial charge in [0, 0.05) is 5.69 Å². The van der Waals surface area contributed by atoms with Gasteiger partial charge in [0.15, 0.2) is 0 Å². The molecule has 0 saturated heterocycles. The number of fused-ring (bicyclic) bond motifs is 1. The second kappa shape index (κ2) is 3.33. The molecule has 1 aromatic rings. The number of aryl methyl sites for hydroxylation is 2. The van der Waals surface area contributed by atoms with Crippen LogP contribution in [0.15, 0.2) is 18.2 Å². The smallest absolute Gasteiger partial charge is 0.239 e. The first-order chi connectivity index (χ1) is 6.66. The van der Waals surface area contributed by atoms with Crippen LogP contribution in [0.4, 0.5) is 5.69 Å². The summed E-state index contributed by atoms with van der Waals surface area (Å²) in [5, 5.41) is 3.16. The van der Waals surface area contributed by atoms with Gasteiger partial charge in [-0.05, 0) is 37.0 Å². The molecule has 1 aliphatic rings. The number of carbonyl (C=O) groups is 1. The molecule has 0 saturated carbocycles. The summed E-state index contributed by atoms with van der Waals surface area (Å²) in [5.74, 6) is -0.267. The third kappa shape index (κ3) is 1.58. The fourth-order valence-electron chi connectivity index (χ4n) is 1.82. The van der Waals surface area contributed by atoms with E-state index in [-0.39, 0.29) is 11.9 Å². The Morgan fingerprint density at radius 3 is 3.07 bits per heavy atom. The van der Waals surface area contributed by atoms with Crippen LogP contribution in [-0.2, 0) is 11.2 Å². The number of benzene rings is 1. The van der Waals surface area contributed by atoms with Gasteiger partial charge in [-0.15, -0.1) is 0 Å². The number of rotatable bonds is 1. The van der Waals surface area contributed by atoms with Crippen molar-refractivity contribution >= 4 is 11.6 Å². The number of hydrogen-bond acceptors (Lipinski definition) is 2. The molecule has 1 aliphatic heterocycles. The van der Waals surface area contributed by atoms with E-state index in [2.05, 4.69) is 23.5 Å². The molecule has 0 spiro atoms. The van der Waals surface area contributed by atoms with Gasteiger partial charge in [0.2, 0.25) is 5.91 Å². The summed E-state index contributed by atoms with van der Waals surface area (Å²) in [6.45, 7) is 2.04. The van der Waals surface area contributed by atoms with Crippen molar-refractivity contribution in [1.29, 1.82) is 0 Å². The van der Waals surface area contributed by atoms with E-state index in [4.69, 9.17) is 5.73 Å². The molecule has 3 N–H and O–H groups in total. The molecule has 3 heteroatoms. The van der Waals surface area contributed by atoms with Gasteiger partial charge in [0.05, 0.1) is 0 Å². The third-order valence-corrected chi connectivity index (χ3v) is 2.64. The van der Waals surface area contributed by atoms with Crippen molar-refractivity contribution in [3.8, 4) is 0 Å². The molecule has 0 aromatic heterocycles.